The molecule has 1 fully saturated rings. The Morgan fingerprint density at radius 1 is 1.19 bits per heavy atom. The molecule has 1 atom stereocenters. The van der Waals surface area contributed by atoms with Crippen molar-refractivity contribution >= 4 is 22.6 Å². The molecule has 136 valence electrons. The number of terminal acetylenes is 1. The summed E-state index contributed by atoms with van der Waals surface area (Å²) in [5, 5.41) is 0. The lowest BCUT2D eigenvalue weighted by molar-refractivity contribution is -0.117. The van der Waals surface area contributed by atoms with Crippen molar-refractivity contribution in [2.24, 2.45) is 0 Å². The summed E-state index contributed by atoms with van der Waals surface area (Å²) in [5.74, 6) is 3.83. The molecular weight excluding hydrogens is 334 g/mol. The van der Waals surface area contributed by atoms with Crippen LogP contribution in [0.1, 0.15) is 34.9 Å². The highest BCUT2D eigenvalue weighted by molar-refractivity contribution is 5.98. The van der Waals surface area contributed by atoms with Crippen LogP contribution >= 0.6 is 0 Å². The highest BCUT2D eigenvalue weighted by Crippen LogP contribution is 2.36. The number of aryl methyl sites for hydroxylation is 3. The number of hydrogen-bond donors (Lipinski definition) is 0. The summed E-state index contributed by atoms with van der Waals surface area (Å²) in [6.45, 7) is 7.33. The second-order valence-electron chi connectivity index (χ2n) is 7.40. The first-order valence-electron chi connectivity index (χ1n) is 9.26. The number of anilines is 1. The third kappa shape index (κ3) is 2.90. The van der Waals surface area contributed by atoms with E-state index in [-0.39, 0.29) is 11.8 Å². The van der Waals surface area contributed by atoms with Gasteiger partial charge in [-0.2, -0.15) is 0 Å². The molecule has 0 saturated carbocycles. The van der Waals surface area contributed by atoms with Gasteiger partial charge in [0.2, 0.25) is 5.91 Å². The van der Waals surface area contributed by atoms with E-state index in [1.165, 1.54) is 5.56 Å². The summed E-state index contributed by atoms with van der Waals surface area (Å²) < 4.78 is 2.08. The van der Waals surface area contributed by atoms with Gasteiger partial charge in [0.1, 0.15) is 5.82 Å². The number of fused-ring (bicyclic) bond motifs is 1. The third-order valence-electron chi connectivity index (χ3n) is 5.33. The molecule has 3 aromatic rings. The molecule has 0 spiro atoms. The van der Waals surface area contributed by atoms with E-state index in [2.05, 4.69) is 43.4 Å². The van der Waals surface area contributed by atoms with E-state index in [0.29, 0.717) is 19.5 Å². The smallest absolute Gasteiger partial charge is 0.227 e. The van der Waals surface area contributed by atoms with Crippen molar-refractivity contribution in [1.82, 2.24) is 9.55 Å². The molecular formula is C23H23N3O. The van der Waals surface area contributed by atoms with Crippen molar-refractivity contribution in [1.29, 1.82) is 0 Å². The Balaban J connectivity index is 1.75. The van der Waals surface area contributed by atoms with Crippen LogP contribution in [0.3, 0.4) is 0 Å². The SMILES string of the molecule is C#CCn1c([C@H]2CC(=O)N(c3c(C)cc(C)cc3C)C2)nc2ccccc21. The van der Waals surface area contributed by atoms with E-state index >= 15 is 0 Å². The summed E-state index contributed by atoms with van der Waals surface area (Å²) in [6, 6.07) is 12.3. The van der Waals surface area contributed by atoms with Gasteiger partial charge in [-0.1, -0.05) is 35.7 Å². The average Bonchev–Trinajstić information content (AvgIpc) is 3.16. The monoisotopic (exact) mass is 357 g/mol. The van der Waals surface area contributed by atoms with Crippen LogP contribution in [-0.4, -0.2) is 22.0 Å². The van der Waals surface area contributed by atoms with E-state index in [1.54, 1.807) is 0 Å². The summed E-state index contributed by atoms with van der Waals surface area (Å²) in [7, 11) is 0. The molecule has 0 aliphatic carbocycles. The van der Waals surface area contributed by atoms with E-state index < -0.39 is 0 Å². The predicted molar refractivity (Wildman–Crippen MR) is 109 cm³/mol. The van der Waals surface area contributed by atoms with Crippen molar-refractivity contribution in [3.8, 4) is 12.3 Å². The number of nitrogens with zero attached hydrogens (tertiary/aromatic N) is 3. The minimum absolute atomic E-state index is 0.0401. The second kappa shape index (κ2) is 6.59. The lowest BCUT2D eigenvalue weighted by Crippen LogP contribution is -2.26. The van der Waals surface area contributed by atoms with Gasteiger partial charge in [0, 0.05) is 24.6 Å². The topological polar surface area (TPSA) is 38.1 Å². The Kier molecular flexibility index (Phi) is 4.24. The molecule has 4 rings (SSSR count). The molecule has 1 aromatic heterocycles. The van der Waals surface area contributed by atoms with Gasteiger partial charge >= 0.3 is 0 Å². The quantitative estimate of drug-likeness (QED) is 0.662. The first kappa shape index (κ1) is 17.4. The fraction of sp³-hybridized carbons (Fsp3) is 0.304. The van der Waals surface area contributed by atoms with E-state index in [0.717, 1.165) is 33.7 Å². The number of carbonyl (C=O) groups excluding carboxylic acids is 1. The number of carbonyl (C=O) groups is 1. The number of hydrogen-bond acceptors (Lipinski definition) is 2. The number of amides is 1. The van der Waals surface area contributed by atoms with Crippen LogP contribution in [0.4, 0.5) is 5.69 Å². The van der Waals surface area contributed by atoms with Crippen LogP contribution < -0.4 is 4.90 Å². The van der Waals surface area contributed by atoms with Crippen molar-refractivity contribution in [2.75, 3.05) is 11.4 Å². The predicted octanol–water partition coefficient (Wildman–Crippen LogP) is 4.12. The Labute approximate surface area is 159 Å². The van der Waals surface area contributed by atoms with Gasteiger partial charge in [-0.05, 0) is 44.0 Å². The number of rotatable bonds is 3. The van der Waals surface area contributed by atoms with Gasteiger partial charge in [-0.25, -0.2) is 4.98 Å². The number of imidazole rings is 1. The van der Waals surface area contributed by atoms with Crippen molar-refractivity contribution in [2.45, 2.75) is 39.7 Å². The third-order valence-corrected chi connectivity index (χ3v) is 5.33. The number of para-hydroxylation sites is 2. The molecule has 1 amide bonds. The molecule has 2 heterocycles. The summed E-state index contributed by atoms with van der Waals surface area (Å²) in [6.07, 6.45) is 6.06. The van der Waals surface area contributed by atoms with Crippen molar-refractivity contribution in [3.63, 3.8) is 0 Å². The minimum atomic E-state index is 0.0401. The fourth-order valence-corrected chi connectivity index (χ4v) is 4.36. The summed E-state index contributed by atoms with van der Waals surface area (Å²) in [4.78, 5) is 19.6. The molecule has 0 bridgehead atoms. The van der Waals surface area contributed by atoms with Gasteiger partial charge in [0.15, 0.2) is 0 Å². The largest absolute Gasteiger partial charge is 0.316 e. The normalized spacial score (nSPS) is 16.9. The molecule has 4 nitrogen and oxygen atoms in total. The molecule has 1 saturated heterocycles. The molecule has 1 aliphatic rings. The maximum Gasteiger partial charge on any atom is 0.227 e. The van der Waals surface area contributed by atoms with E-state index in [1.807, 2.05) is 29.2 Å². The van der Waals surface area contributed by atoms with Crippen LogP contribution in [0.15, 0.2) is 36.4 Å². The molecule has 1 aliphatic heterocycles. The van der Waals surface area contributed by atoms with Gasteiger partial charge in [-0.15, -0.1) is 6.42 Å². The Morgan fingerprint density at radius 3 is 2.59 bits per heavy atom. The molecule has 4 heteroatoms. The molecule has 0 N–H and O–H groups in total. The Bertz CT molecular complexity index is 1060. The zero-order valence-electron chi connectivity index (χ0n) is 16.0. The molecule has 2 aromatic carbocycles. The standard InChI is InChI=1S/C23H23N3O/c1-5-10-25-20-9-7-6-8-19(20)24-23(25)18-13-21(27)26(14-18)22-16(3)11-15(2)12-17(22)4/h1,6-9,11-12,18H,10,13-14H2,2-4H3/t18-/m0/s1. The molecule has 27 heavy (non-hydrogen) atoms. The number of aromatic nitrogens is 2. The van der Waals surface area contributed by atoms with E-state index in [9.17, 15) is 4.79 Å². The van der Waals surface area contributed by atoms with Gasteiger partial charge in [-0.3, -0.25) is 4.79 Å². The maximum absolute atomic E-state index is 12.9. The van der Waals surface area contributed by atoms with Crippen molar-refractivity contribution in [3.05, 3.63) is 58.9 Å². The van der Waals surface area contributed by atoms with E-state index in [4.69, 9.17) is 11.4 Å². The first-order valence-corrected chi connectivity index (χ1v) is 9.26. The minimum Gasteiger partial charge on any atom is -0.316 e. The highest BCUT2D eigenvalue weighted by atomic mass is 16.2. The zero-order valence-corrected chi connectivity index (χ0v) is 16.0. The maximum atomic E-state index is 12.9. The van der Waals surface area contributed by atoms with Crippen LogP contribution in [0.5, 0.6) is 0 Å². The van der Waals surface area contributed by atoms with Crippen LogP contribution in [-0.2, 0) is 11.3 Å². The summed E-state index contributed by atoms with van der Waals surface area (Å²) in [5.41, 5.74) is 6.48. The zero-order chi connectivity index (χ0) is 19.1. The average molecular weight is 357 g/mol. The lowest BCUT2D eigenvalue weighted by atomic mass is 10.0. The van der Waals surface area contributed by atoms with Gasteiger partial charge < -0.3 is 9.47 Å². The molecule has 0 unspecified atom stereocenters. The second-order valence-corrected chi connectivity index (χ2v) is 7.40. The Hall–Kier alpha value is -3.06. The fourth-order valence-electron chi connectivity index (χ4n) is 4.36. The lowest BCUT2D eigenvalue weighted by Gasteiger charge is -2.22. The van der Waals surface area contributed by atoms with Crippen LogP contribution in [0, 0.1) is 33.1 Å². The Morgan fingerprint density at radius 2 is 1.89 bits per heavy atom. The van der Waals surface area contributed by atoms with Gasteiger partial charge in [0.25, 0.3) is 0 Å². The highest BCUT2D eigenvalue weighted by Gasteiger charge is 2.35. The first-order chi connectivity index (χ1) is 13.0. The summed E-state index contributed by atoms with van der Waals surface area (Å²) >= 11 is 0. The van der Waals surface area contributed by atoms with Gasteiger partial charge in [0.05, 0.1) is 17.6 Å². The molecule has 0 radical (unpaired) electrons. The van der Waals surface area contributed by atoms with Crippen LogP contribution in [0.25, 0.3) is 11.0 Å². The van der Waals surface area contributed by atoms with Crippen LogP contribution in [0.2, 0.25) is 0 Å². The van der Waals surface area contributed by atoms with Crippen molar-refractivity contribution < 1.29 is 4.79 Å². The number of benzene rings is 2.